The van der Waals surface area contributed by atoms with Crippen molar-refractivity contribution in [3.8, 4) is 0 Å². The first-order valence-corrected chi connectivity index (χ1v) is 10.8. The molecule has 29 heavy (non-hydrogen) atoms. The summed E-state index contributed by atoms with van der Waals surface area (Å²) in [5.74, 6) is -0.0237. The third-order valence-corrected chi connectivity index (χ3v) is 6.35. The molecule has 0 atom stereocenters. The predicted octanol–water partition coefficient (Wildman–Crippen LogP) is 4.53. The Morgan fingerprint density at radius 1 is 1.03 bits per heavy atom. The fourth-order valence-corrected chi connectivity index (χ4v) is 4.39. The van der Waals surface area contributed by atoms with E-state index < -0.39 is 5.66 Å². The number of piperidine rings is 1. The Hall–Kier alpha value is -2.34. The van der Waals surface area contributed by atoms with E-state index in [4.69, 9.17) is 0 Å². The summed E-state index contributed by atoms with van der Waals surface area (Å²) >= 11 is 3.41. The van der Waals surface area contributed by atoms with E-state index in [1.165, 1.54) is 5.56 Å². The van der Waals surface area contributed by atoms with E-state index in [1.807, 2.05) is 47.4 Å². The molecule has 2 aliphatic heterocycles. The lowest BCUT2D eigenvalue weighted by molar-refractivity contribution is 0.0639. The summed E-state index contributed by atoms with van der Waals surface area (Å²) in [4.78, 5) is 27.4. The SMILES string of the molecule is CC(C)(C)c1ccc(C(=O)N2CCC3(CC2)NC(=O)c2cc(Br)ccc2N3)cc1. The smallest absolute Gasteiger partial charge is 0.255 e. The van der Waals surface area contributed by atoms with E-state index in [1.54, 1.807) is 0 Å². The van der Waals surface area contributed by atoms with Crippen LogP contribution in [0.1, 0.15) is 59.9 Å². The van der Waals surface area contributed by atoms with E-state index >= 15 is 0 Å². The number of anilines is 1. The number of carbonyl (C=O) groups excluding carboxylic acids is 2. The van der Waals surface area contributed by atoms with Crippen LogP contribution in [0.4, 0.5) is 5.69 Å². The molecule has 0 bridgehead atoms. The Balaban J connectivity index is 1.45. The quantitative estimate of drug-likeness (QED) is 0.663. The standard InChI is InChI=1S/C23H26BrN3O2/c1-22(2,3)16-6-4-15(5-7-16)21(29)27-12-10-23(11-13-27)25-19-9-8-17(24)14-18(19)20(28)26-23/h4-9,14,25H,10-13H2,1-3H3,(H,26,28). The van der Waals surface area contributed by atoms with Gasteiger partial charge in [0, 0.05) is 41.7 Å². The number of fused-ring (bicyclic) bond motifs is 1. The van der Waals surface area contributed by atoms with Crippen molar-refractivity contribution >= 4 is 33.4 Å². The first kappa shape index (κ1) is 20.0. The van der Waals surface area contributed by atoms with Crippen LogP contribution in [-0.2, 0) is 5.41 Å². The Labute approximate surface area is 180 Å². The Morgan fingerprint density at radius 2 is 1.69 bits per heavy atom. The Kier molecular flexibility index (Phi) is 4.93. The molecule has 2 aliphatic rings. The number of nitrogens with zero attached hydrogens (tertiary/aromatic N) is 1. The summed E-state index contributed by atoms with van der Waals surface area (Å²) in [5, 5.41) is 6.63. The van der Waals surface area contributed by atoms with Gasteiger partial charge < -0.3 is 15.5 Å². The Morgan fingerprint density at radius 3 is 2.31 bits per heavy atom. The molecule has 2 amide bonds. The maximum absolute atomic E-state index is 12.9. The van der Waals surface area contributed by atoms with Gasteiger partial charge in [-0.2, -0.15) is 0 Å². The molecule has 2 N–H and O–H groups in total. The summed E-state index contributed by atoms with van der Waals surface area (Å²) in [6, 6.07) is 13.6. The van der Waals surface area contributed by atoms with Crippen molar-refractivity contribution in [3.63, 3.8) is 0 Å². The molecule has 0 aliphatic carbocycles. The summed E-state index contributed by atoms with van der Waals surface area (Å²) in [6.07, 6.45) is 1.33. The summed E-state index contributed by atoms with van der Waals surface area (Å²) in [7, 11) is 0. The second-order valence-electron chi connectivity index (χ2n) is 8.97. The van der Waals surface area contributed by atoms with Crippen molar-refractivity contribution in [3.05, 3.63) is 63.6 Å². The normalized spacial score (nSPS) is 18.1. The lowest BCUT2D eigenvalue weighted by Gasteiger charge is -2.46. The molecular weight excluding hydrogens is 430 g/mol. The average Bonchev–Trinajstić information content (AvgIpc) is 2.68. The van der Waals surface area contributed by atoms with Crippen molar-refractivity contribution in [2.45, 2.75) is 44.7 Å². The van der Waals surface area contributed by atoms with Crippen LogP contribution in [0, 0.1) is 0 Å². The summed E-state index contributed by atoms with van der Waals surface area (Å²) < 4.78 is 0.877. The molecule has 1 spiro atoms. The minimum Gasteiger partial charge on any atom is -0.362 e. The van der Waals surface area contributed by atoms with E-state index in [2.05, 4.69) is 47.3 Å². The van der Waals surface area contributed by atoms with Crippen LogP contribution in [0.2, 0.25) is 0 Å². The van der Waals surface area contributed by atoms with Gasteiger partial charge in [0.05, 0.1) is 5.56 Å². The van der Waals surface area contributed by atoms with Gasteiger partial charge in [0.1, 0.15) is 5.66 Å². The van der Waals surface area contributed by atoms with E-state index in [-0.39, 0.29) is 17.2 Å². The largest absolute Gasteiger partial charge is 0.362 e. The highest BCUT2D eigenvalue weighted by molar-refractivity contribution is 9.10. The van der Waals surface area contributed by atoms with Gasteiger partial charge in [0.2, 0.25) is 0 Å². The number of carbonyl (C=O) groups is 2. The lowest BCUT2D eigenvalue weighted by Crippen LogP contribution is -2.62. The molecule has 2 aromatic carbocycles. The number of hydrogen-bond donors (Lipinski definition) is 2. The third kappa shape index (κ3) is 3.90. The highest BCUT2D eigenvalue weighted by Crippen LogP contribution is 2.33. The molecule has 1 fully saturated rings. The zero-order valence-electron chi connectivity index (χ0n) is 17.0. The topological polar surface area (TPSA) is 61.4 Å². The van der Waals surface area contributed by atoms with Gasteiger partial charge in [-0.05, 0) is 41.3 Å². The zero-order valence-corrected chi connectivity index (χ0v) is 18.6. The van der Waals surface area contributed by atoms with Crippen molar-refractivity contribution in [1.29, 1.82) is 0 Å². The predicted molar refractivity (Wildman–Crippen MR) is 118 cm³/mol. The van der Waals surface area contributed by atoms with E-state index in [9.17, 15) is 9.59 Å². The van der Waals surface area contributed by atoms with Crippen LogP contribution >= 0.6 is 15.9 Å². The summed E-state index contributed by atoms with van der Waals surface area (Å²) in [6.45, 7) is 7.68. The van der Waals surface area contributed by atoms with E-state index in [0.717, 1.165) is 10.2 Å². The van der Waals surface area contributed by atoms with Gasteiger partial charge in [-0.25, -0.2) is 0 Å². The molecule has 6 heteroatoms. The number of hydrogen-bond acceptors (Lipinski definition) is 3. The van der Waals surface area contributed by atoms with Crippen LogP contribution in [-0.4, -0.2) is 35.5 Å². The molecule has 4 rings (SSSR count). The number of amides is 2. The molecule has 2 heterocycles. The van der Waals surface area contributed by atoms with Gasteiger partial charge in [0.25, 0.3) is 11.8 Å². The van der Waals surface area contributed by atoms with Crippen molar-refractivity contribution in [2.24, 2.45) is 0 Å². The highest BCUT2D eigenvalue weighted by atomic mass is 79.9. The number of rotatable bonds is 1. The number of halogens is 1. The first-order chi connectivity index (χ1) is 13.7. The first-order valence-electron chi connectivity index (χ1n) is 9.97. The second kappa shape index (κ2) is 7.17. The third-order valence-electron chi connectivity index (χ3n) is 5.86. The highest BCUT2D eigenvalue weighted by Gasteiger charge is 2.41. The van der Waals surface area contributed by atoms with Crippen molar-refractivity contribution in [2.75, 3.05) is 18.4 Å². The van der Waals surface area contributed by atoms with Gasteiger partial charge in [-0.3, -0.25) is 9.59 Å². The summed E-state index contributed by atoms with van der Waals surface area (Å²) in [5.41, 5.74) is 2.98. The molecular formula is C23H26BrN3O2. The molecule has 0 unspecified atom stereocenters. The molecule has 1 saturated heterocycles. The second-order valence-corrected chi connectivity index (χ2v) is 9.89. The minimum atomic E-state index is -0.495. The minimum absolute atomic E-state index is 0.0479. The number of benzene rings is 2. The van der Waals surface area contributed by atoms with Gasteiger partial charge >= 0.3 is 0 Å². The Bertz CT molecular complexity index is 955. The molecule has 0 aromatic heterocycles. The maximum atomic E-state index is 12.9. The fraction of sp³-hybridized carbons (Fsp3) is 0.391. The molecule has 0 saturated carbocycles. The van der Waals surface area contributed by atoms with Crippen LogP contribution in [0.15, 0.2) is 46.9 Å². The average molecular weight is 456 g/mol. The molecule has 5 nitrogen and oxygen atoms in total. The molecule has 0 radical (unpaired) electrons. The number of nitrogens with one attached hydrogen (secondary N) is 2. The monoisotopic (exact) mass is 455 g/mol. The van der Waals surface area contributed by atoms with Crippen LogP contribution in [0.3, 0.4) is 0 Å². The van der Waals surface area contributed by atoms with Gasteiger partial charge in [-0.15, -0.1) is 0 Å². The lowest BCUT2D eigenvalue weighted by atomic mass is 9.86. The fourth-order valence-electron chi connectivity index (χ4n) is 4.02. The molecule has 152 valence electrons. The maximum Gasteiger partial charge on any atom is 0.255 e. The van der Waals surface area contributed by atoms with Crippen LogP contribution in [0.25, 0.3) is 0 Å². The van der Waals surface area contributed by atoms with E-state index in [0.29, 0.717) is 37.1 Å². The van der Waals surface area contributed by atoms with Crippen LogP contribution in [0.5, 0.6) is 0 Å². The molecule has 2 aromatic rings. The number of likely N-dealkylation sites (tertiary alicyclic amines) is 1. The van der Waals surface area contributed by atoms with Crippen molar-refractivity contribution in [1.82, 2.24) is 10.2 Å². The van der Waals surface area contributed by atoms with Crippen LogP contribution < -0.4 is 10.6 Å². The van der Waals surface area contributed by atoms with Gasteiger partial charge in [0.15, 0.2) is 0 Å². The van der Waals surface area contributed by atoms with Gasteiger partial charge in [-0.1, -0.05) is 48.8 Å². The zero-order chi connectivity index (χ0) is 20.8. The van der Waals surface area contributed by atoms with Crippen molar-refractivity contribution < 1.29 is 9.59 Å².